The molecule has 1 atom stereocenters. The van der Waals surface area contributed by atoms with Crippen molar-refractivity contribution in [3.63, 3.8) is 0 Å². The molecule has 2 heterocycles. The Morgan fingerprint density at radius 2 is 1.81 bits per heavy atom. The van der Waals surface area contributed by atoms with Crippen molar-refractivity contribution in [1.82, 2.24) is 10.2 Å². The molecule has 4 rings (SSSR count). The third-order valence-corrected chi connectivity index (χ3v) is 5.26. The first-order valence-corrected chi connectivity index (χ1v) is 9.23. The Morgan fingerprint density at radius 3 is 2.58 bits per heavy atom. The van der Waals surface area contributed by atoms with Crippen molar-refractivity contribution in [3.05, 3.63) is 71.0 Å². The molecule has 1 saturated heterocycles. The Kier molecular flexibility index (Phi) is 4.89. The SMILES string of the molecule is O=C(OC1CCNCC1)N1CCc2ccccc2[C@@H]1c1ccc(F)cc1. The first kappa shape index (κ1) is 17.0. The molecule has 0 aromatic heterocycles. The molecule has 0 bridgehead atoms. The maximum atomic E-state index is 13.4. The van der Waals surface area contributed by atoms with E-state index in [1.165, 1.54) is 17.7 Å². The molecule has 2 aliphatic rings. The van der Waals surface area contributed by atoms with Gasteiger partial charge in [0.25, 0.3) is 0 Å². The van der Waals surface area contributed by atoms with E-state index in [0.29, 0.717) is 6.54 Å². The van der Waals surface area contributed by atoms with Gasteiger partial charge in [0.1, 0.15) is 11.9 Å². The number of piperidine rings is 1. The second kappa shape index (κ2) is 7.46. The van der Waals surface area contributed by atoms with Gasteiger partial charge in [-0.05, 0) is 61.2 Å². The van der Waals surface area contributed by atoms with Gasteiger partial charge < -0.3 is 10.1 Å². The monoisotopic (exact) mass is 354 g/mol. The predicted molar refractivity (Wildman–Crippen MR) is 97.5 cm³/mol. The Morgan fingerprint density at radius 1 is 1.08 bits per heavy atom. The third-order valence-electron chi connectivity index (χ3n) is 5.26. The zero-order valence-electron chi connectivity index (χ0n) is 14.7. The van der Waals surface area contributed by atoms with E-state index in [-0.39, 0.29) is 24.1 Å². The van der Waals surface area contributed by atoms with Gasteiger partial charge in [-0.1, -0.05) is 36.4 Å². The van der Waals surface area contributed by atoms with Crippen molar-refractivity contribution in [3.8, 4) is 0 Å². The van der Waals surface area contributed by atoms with Gasteiger partial charge in [-0.15, -0.1) is 0 Å². The lowest BCUT2D eigenvalue weighted by Crippen LogP contribution is -2.43. The highest BCUT2D eigenvalue weighted by atomic mass is 19.1. The van der Waals surface area contributed by atoms with E-state index >= 15 is 0 Å². The van der Waals surface area contributed by atoms with Crippen LogP contribution in [0.15, 0.2) is 48.5 Å². The average Bonchev–Trinajstić information content (AvgIpc) is 2.68. The predicted octanol–water partition coefficient (Wildman–Crippen LogP) is 3.66. The maximum absolute atomic E-state index is 13.4. The lowest BCUT2D eigenvalue weighted by molar-refractivity contribution is 0.0406. The number of amides is 1. The molecule has 26 heavy (non-hydrogen) atoms. The third kappa shape index (κ3) is 3.44. The van der Waals surface area contributed by atoms with Crippen molar-refractivity contribution in [2.45, 2.75) is 31.4 Å². The second-order valence-corrected chi connectivity index (χ2v) is 6.93. The molecule has 0 unspecified atom stereocenters. The van der Waals surface area contributed by atoms with Gasteiger partial charge in [0.2, 0.25) is 0 Å². The van der Waals surface area contributed by atoms with Crippen LogP contribution in [0.1, 0.15) is 35.6 Å². The lowest BCUT2D eigenvalue weighted by Gasteiger charge is -2.38. The molecule has 1 amide bonds. The molecule has 1 fully saturated rings. The Bertz CT molecular complexity index is 772. The van der Waals surface area contributed by atoms with E-state index in [4.69, 9.17) is 4.74 Å². The van der Waals surface area contributed by atoms with Crippen molar-refractivity contribution < 1.29 is 13.9 Å². The standard InChI is InChI=1S/C21H23FN2O2/c22-17-7-5-16(6-8-17)20-19-4-2-1-3-15(19)11-14-24(20)21(25)26-18-9-12-23-13-10-18/h1-8,18,20,23H,9-14H2/t20-/m0/s1. The van der Waals surface area contributed by atoms with Crippen LogP contribution in [0.5, 0.6) is 0 Å². The molecular weight excluding hydrogens is 331 g/mol. The summed E-state index contributed by atoms with van der Waals surface area (Å²) < 4.78 is 19.2. The van der Waals surface area contributed by atoms with Gasteiger partial charge in [-0.3, -0.25) is 4.90 Å². The van der Waals surface area contributed by atoms with Crippen LogP contribution < -0.4 is 5.32 Å². The smallest absolute Gasteiger partial charge is 0.410 e. The van der Waals surface area contributed by atoms with Crippen LogP contribution in [0, 0.1) is 5.82 Å². The molecule has 2 aliphatic heterocycles. The number of hydrogen-bond acceptors (Lipinski definition) is 3. The number of benzene rings is 2. The highest BCUT2D eigenvalue weighted by Gasteiger charge is 2.34. The number of ether oxygens (including phenoxy) is 1. The minimum atomic E-state index is -0.277. The summed E-state index contributed by atoms with van der Waals surface area (Å²) in [6.45, 7) is 2.35. The number of nitrogens with zero attached hydrogens (tertiary/aromatic N) is 1. The van der Waals surface area contributed by atoms with Crippen LogP contribution in [0.3, 0.4) is 0 Å². The van der Waals surface area contributed by atoms with E-state index in [9.17, 15) is 9.18 Å². The molecule has 0 spiro atoms. The zero-order valence-corrected chi connectivity index (χ0v) is 14.7. The van der Waals surface area contributed by atoms with Crippen LogP contribution >= 0.6 is 0 Å². The zero-order chi connectivity index (χ0) is 17.9. The fraction of sp³-hybridized carbons (Fsp3) is 0.381. The quantitative estimate of drug-likeness (QED) is 0.895. The summed E-state index contributed by atoms with van der Waals surface area (Å²) in [7, 11) is 0. The van der Waals surface area contributed by atoms with E-state index in [2.05, 4.69) is 11.4 Å². The van der Waals surface area contributed by atoms with Crippen molar-refractivity contribution in [1.29, 1.82) is 0 Å². The minimum absolute atomic E-state index is 0.0326. The molecule has 1 N–H and O–H groups in total. The van der Waals surface area contributed by atoms with Gasteiger partial charge in [-0.25, -0.2) is 9.18 Å². The summed E-state index contributed by atoms with van der Waals surface area (Å²) >= 11 is 0. The Labute approximate surface area is 153 Å². The number of halogens is 1. The van der Waals surface area contributed by atoms with Gasteiger partial charge >= 0.3 is 6.09 Å². The fourth-order valence-corrected chi connectivity index (χ4v) is 3.89. The molecule has 5 heteroatoms. The Balaban J connectivity index is 1.64. The van der Waals surface area contributed by atoms with Crippen molar-refractivity contribution in [2.75, 3.05) is 19.6 Å². The summed E-state index contributed by atoms with van der Waals surface area (Å²) in [4.78, 5) is 14.7. The van der Waals surface area contributed by atoms with E-state index in [0.717, 1.165) is 43.5 Å². The maximum Gasteiger partial charge on any atom is 0.410 e. The van der Waals surface area contributed by atoms with Crippen LogP contribution in [0.25, 0.3) is 0 Å². The molecular formula is C21H23FN2O2. The van der Waals surface area contributed by atoms with Crippen LogP contribution in [0.4, 0.5) is 9.18 Å². The van der Waals surface area contributed by atoms with Crippen molar-refractivity contribution >= 4 is 6.09 Å². The number of hydrogen-bond donors (Lipinski definition) is 1. The summed E-state index contributed by atoms with van der Waals surface area (Å²) in [6, 6.07) is 14.3. The average molecular weight is 354 g/mol. The van der Waals surface area contributed by atoms with Gasteiger partial charge in [0, 0.05) is 6.54 Å². The van der Waals surface area contributed by atoms with Gasteiger partial charge in [-0.2, -0.15) is 0 Å². The van der Waals surface area contributed by atoms with E-state index in [1.807, 2.05) is 18.2 Å². The minimum Gasteiger partial charge on any atom is -0.446 e. The van der Waals surface area contributed by atoms with Crippen LogP contribution in [0.2, 0.25) is 0 Å². The van der Waals surface area contributed by atoms with Gasteiger partial charge in [0.05, 0.1) is 6.04 Å². The molecule has 136 valence electrons. The van der Waals surface area contributed by atoms with Crippen LogP contribution in [-0.2, 0) is 11.2 Å². The Hall–Kier alpha value is -2.40. The lowest BCUT2D eigenvalue weighted by atomic mass is 9.88. The van der Waals surface area contributed by atoms with Crippen LogP contribution in [-0.4, -0.2) is 36.7 Å². The number of rotatable bonds is 2. The first-order valence-electron chi connectivity index (χ1n) is 9.23. The second-order valence-electron chi connectivity index (χ2n) is 6.93. The topological polar surface area (TPSA) is 41.6 Å². The highest BCUT2D eigenvalue weighted by molar-refractivity contribution is 5.70. The highest BCUT2D eigenvalue weighted by Crippen LogP contribution is 2.35. The first-order chi connectivity index (χ1) is 12.7. The fourth-order valence-electron chi connectivity index (χ4n) is 3.89. The summed E-state index contributed by atoms with van der Waals surface area (Å²) in [5.41, 5.74) is 3.22. The largest absolute Gasteiger partial charge is 0.446 e. The van der Waals surface area contributed by atoms with E-state index < -0.39 is 0 Å². The molecule has 0 radical (unpaired) electrons. The molecule has 4 nitrogen and oxygen atoms in total. The number of carbonyl (C=O) groups excluding carboxylic acids is 1. The summed E-state index contributed by atoms with van der Waals surface area (Å²) in [5, 5.41) is 3.28. The number of nitrogens with one attached hydrogen (secondary N) is 1. The summed E-state index contributed by atoms with van der Waals surface area (Å²) in [6.07, 6.45) is 2.18. The van der Waals surface area contributed by atoms with E-state index in [1.54, 1.807) is 17.0 Å². The molecule has 2 aromatic carbocycles. The molecule has 0 saturated carbocycles. The summed E-state index contributed by atoms with van der Waals surface area (Å²) in [5.74, 6) is -0.276. The van der Waals surface area contributed by atoms with Gasteiger partial charge in [0.15, 0.2) is 0 Å². The molecule has 2 aromatic rings. The van der Waals surface area contributed by atoms with Crippen molar-refractivity contribution in [2.24, 2.45) is 0 Å². The number of carbonyl (C=O) groups is 1. The normalized spacial score (nSPS) is 20.5. The number of fused-ring (bicyclic) bond motifs is 1. The molecule has 0 aliphatic carbocycles.